The standard InChI is InChI=1S/C18H25N5O2/c1-14-11-16(23-13-19-12-20-23)3-4-17(14)18(24)21-15(2)5-6-22-7-9-25-10-8-22/h3-4,11-13,15H,5-10H2,1-2H3,(H,21,24)/t15-/m1/s1. The molecular weight excluding hydrogens is 318 g/mol. The number of amides is 1. The van der Waals surface area contributed by atoms with E-state index in [0.717, 1.165) is 50.5 Å². The summed E-state index contributed by atoms with van der Waals surface area (Å²) in [5, 5.41) is 7.21. The van der Waals surface area contributed by atoms with E-state index in [2.05, 4.69) is 27.2 Å². The van der Waals surface area contributed by atoms with Crippen molar-refractivity contribution in [2.24, 2.45) is 0 Å². The van der Waals surface area contributed by atoms with Crippen molar-refractivity contribution in [3.63, 3.8) is 0 Å². The maximum Gasteiger partial charge on any atom is 0.251 e. The fourth-order valence-electron chi connectivity index (χ4n) is 2.96. The summed E-state index contributed by atoms with van der Waals surface area (Å²) in [5.74, 6) is -0.0304. The molecule has 3 rings (SSSR count). The van der Waals surface area contributed by atoms with Gasteiger partial charge in [0.1, 0.15) is 12.7 Å². The van der Waals surface area contributed by atoms with Gasteiger partial charge in [0, 0.05) is 31.2 Å². The first-order valence-electron chi connectivity index (χ1n) is 8.70. The molecule has 0 bridgehead atoms. The van der Waals surface area contributed by atoms with Gasteiger partial charge in [-0.2, -0.15) is 5.10 Å². The molecule has 134 valence electrons. The lowest BCUT2D eigenvalue weighted by molar-refractivity contribution is 0.0363. The maximum absolute atomic E-state index is 12.5. The van der Waals surface area contributed by atoms with Crippen molar-refractivity contribution >= 4 is 5.91 Å². The van der Waals surface area contributed by atoms with E-state index in [-0.39, 0.29) is 11.9 Å². The van der Waals surface area contributed by atoms with Crippen LogP contribution in [0.15, 0.2) is 30.9 Å². The molecular formula is C18H25N5O2. The van der Waals surface area contributed by atoms with Crippen LogP contribution >= 0.6 is 0 Å². The number of hydrogen-bond acceptors (Lipinski definition) is 5. The number of nitrogens with one attached hydrogen (secondary N) is 1. The SMILES string of the molecule is Cc1cc(-n2cncn2)ccc1C(=O)N[C@H](C)CCN1CCOCC1. The quantitative estimate of drug-likeness (QED) is 0.859. The van der Waals surface area contributed by atoms with Gasteiger partial charge >= 0.3 is 0 Å². The van der Waals surface area contributed by atoms with Crippen LogP contribution in [0.5, 0.6) is 0 Å². The highest BCUT2D eigenvalue weighted by Gasteiger charge is 2.15. The second kappa shape index (κ2) is 8.22. The number of carbonyl (C=O) groups excluding carboxylic acids is 1. The van der Waals surface area contributed by atoms with E-state index in [4.69, 9.17) is 4.74 Å². The summed E-state index contributed by atoms with van der Waals surface area (Å²) in [6.45, 7) is 8.53. The third kappa shape index (κ3) is 4.64. The normalized spacial score (nSPS) is 16.6. The third-order valence-electron chi connectivity index (χ3n) is 4.50. The van der Waals surface area contributed by atoms with Gasteiger partial charge in [-0.3, -0.25) is 9.69 Å². The highest BCUT2D eigenvalue weighted by atomic mass is 16.5. The zero-order valence-electron chi connectivity index (χ0n) is 14.8. The van der Waals surface area contributed by atoms with Gasteiger partial charge in [-0.1, -0.05) is 0 Å². The molecule has 1 aromatic carbocycles. The van der Waals surface area contributed by atoms with Crippen molar-refractivity contribution in [3.8, 4) is 5.69 Å². The first kappa shape index (κ1) is 17.6. The van der Waals surface area contributed by atoms with Crippen LogP contribution in [-0.4, -0.2) is 64.5 Å². The number of benzene rings is 1. The molecule has 1 aliphatic rings. The Bertz CT molecular complexity index is 695. The molecule has 7 nitrogen and oxygen atoms in total. The molecule has 1 aliphatic heterocycles. The molecule has 1 atom stereocenters. The van der Waals surface area contributed by atoms with Crippen molar-refractivity contribution in [2.75, 3.05) is 32.8 Å². The Balaban J connectivity index is 1.55. The lowest BCUT2D eigenvalue weighted by atomic mass is 10.1. The lowest BCUT2D eigenvalue weighted by Crippen LogP contribution is -2.40. The zero-order valence-corrected chi connectivity index (χ0v) is 14.8. The zero-order chi connectivity index (χ0) is 17.6. The average Bonchev–Trinajstić information content (AvgIpc) is 3.15. The number of aromatic nitrogens is 3. The number of carbonyl (C=O) groups is 1. The minimum Gasteiger partial charge on any atom is -0.379 e. The van der Waals surface area contributed by atoms with Crippen LogP contribution in [-0.2, 0) is 4.74 Å². The Labute approximate surface area is 148 Å². The molecule has 25 heavy (non-hydrogen) atoms. The number of nitrogens with zero attached hydrogens (tertiary/aromatic N) is 4. The summed E-state index contributed by atoms with van der Waals surface area (Å²) in [4.78, 5) is 18.9. The van der Waals surface area contributed by atoms with Crippen molar-refractivity contribution in [2.45, 2.75) is 26.3 Å². The number of aryl methyl sites for hydroxylation is 1. The van der Waals surface area contributed by atoms with Gasteiger partial charge in [0.05, 0.1) is 18.9 Å². The van der Waals surface area contributed by atoms with Gasteiger partial charge in [0.2, 0.25) is 0 Å². The minimum atomic E-state index is -0.0304. The van der Waals surface area contributed by atoms with Gasteiger partial charge in [-0.25, -0.2) is 9.67 Å². The van der Waals surface area contributed by atoms with E-state index in [1.807, 2.05) is 25.1 Å². The van der Waals surface area contributed by atoms with Crippen molar-refractivity contribution in [1.29, 1.82) is 0 Å². The van der Waals surface area contributed by atoms with Gasteiger partial charge in [0.15, 0.2) is 0 Å². The van der Waals surface area contributed by atoms with Gasteiger partial charge < -0.3 is 10.1 Å². The summed E-state index contributed by atoms with van der Waals surface area (Å²) in [6, 6.07) is 5.80. The Morgan fingerprint density at radius 3 is 2.84 bits per heavy atom. The minimum absolute atomic E-state index is 0.0304. The van der Waals surface area contributed by atoms with Crippen LogP contribution in [0.3, 0.4) is 0 Å². The number of rotatable bonds is 6. The monoisotopic (exact) mass is 343 g/mol. The van der Waals surface area contributed by atoms with Gasteiger partial charge in [-0.05, 0) is 44.0 Å². The average molecular weight is 343 g/mol. The summed E-state index contributed by atoms with van der Waals surface area (Å²) in [6.07, 6.45) is 4.07. The summed E-state index contributed by atoms with van der Waals surface area (Å²) in [7, 11) is 0. The van der Waals surface area contributed by atoms with Gasteiger partial charge in [-0.15, -0.1) is 0 Å². The van der Waals surface area contributed by atoms with E-state index in [1.54, 1.807) is 11.0 Å². The van der Waals surface area contributed by atoms with E-state index in [0.29, 0.717) is 5.56 Å². The molecule has 1 fully saturated rings. The molecule has 1 aromatic heterocycles. The highest BCUT2D eigenvalue weighted by molar-refractivity contribution is 5.96. The Hall–Kier alpha value is -2.25. The largest absolute Gasteiger partial charge is 0.379 e. The lowest BCUT2D eigenvalue weighted by Gasteiger charge is -2.27. The van der Waals surface area contributed by atoms with Crippen LogP contribution in [0, 0.1) is 6.92 Å². The molecule has 1 saturated heterocycles. The molecule has 2 heterocycles. The third-order valence-corrected chi connectivity index (χ3v) is 4.50. The molecule has 0 aliphatic carbocycles. The second-order valence-corrected chi connectivity index (χ2v) is 6.46. The van der Waals surface area contributed by atoms with E-state index >= 15 is 0 Å². The van der Waals surface area contributed by atoms with Crippen LogP contribution < -0.4 is 5.32 Å². The van der Waals surface area contributed by atoms with Crippen molar-refractivity contribution in [1.82, 2.24) is 25.0 Å². The van der Waals surface area contributed by atoms with E-state index < -0.39 is 0 Å². The summed E-state index contributed by atoms with van der Waals surface area (Å²) < 4.78 is 7.04. The fourth-order valence-corrected chi connectivity index (χ4v) is 2.96. The molecule has 0 spiro atoms. The molecule has 7 heteroatoms. The first-order valence-corrected chi connectivity index (χ1v) is 8.70. The number of morpholine rings is 1. The highest BCUT2D eigenvalue weighted by Crippen LogP contribution is 2.14. The van der Waals surface area contributed by atoms with Crippen LogP contribution in [0.1, 0.15) is 29.3 Å². The predicted octanol–water partition coefficient (Wildman–Crippen LogP) is 1.42. The second-order valence-electron chi connectivity index (χ2n) is 6.46. The number of ether oxygens (including phenoxy) is 1. The predicted molar refractivity (Wildman–Crippen MR) is 94.9 cm³/mol. The van der Waals surface area contributed by atoms with Crippen molar-refractivity contribution < 1.29 is 9.53 Å². The van der Waals surface area contributed by atoms with E-state index in [1.165, 1.54) is 6.33 Å². The Kier molecular flexibility index (Phi) is 5.78. The summed E-state index contributed by atoms with van der Waals surface area (Å²) >= 11 is 0. The van der Waals surface area contributed by atoms with Crippen LogP contribution in [0.25, 0.3) is 5.69 Å². The van der Waals surface area contributed by atoms with E-state index in [9.17, 15) is 4.79 Å². The Morgan fingerprint density at radius 2 is 2.16 bits per heavy atom. The van der Waals surface area contributed by atoms with Crippen molar-refractivity contribution in [3.05, 3.63) is 42.0 Å². The Morgan fingerprint density at radius 1 is 1.36 bits per heavy atom. The molecule has 1 N–H and O–H groups in total. The van der Waals surface area contributed by atoms with Gasteiger partial charge in [0.25, 0.3) is 5.91 Å². The first-order chi connectivity index (χ1) is 12.1. The topological polar surface area (TPSA) is 72.3 Å². The molecule has 0 radical (unpaired) electrons. The molecule has 1 amide bonds. The van der Waals surface area contributed by atoms with Crippen LogP contribution in [0.2, 0.25) is 0 Å². The maximum atomic E-state index is 12.5. The summed E-state index contributed by atoms with van der Waals surface area (Å²) in [5.41, 5.74) is 2.51. The molecule has 0 saturated carbocycles. The smallest absolute Gasteiger partial charge is 0.251 e. The number of hydrogen-bond donors (Lipinski definition) is 1. The molecule has 2 aromatic rings. The molecule has 0 unspecified atom stereocenters. The van der Waals surface area contributed by atoms with Crippen LogP contribution in [0.4, 0.5) is 0 Å². The fraction of sp³-hybridized carbons (Fsp3) is 0.500.